The lowest BCUT2D eigenvalue weighted by molar-refractivity contribution is -0.142. The predicted octanol–water partition coefficient (Wildman–Crippen LogP) is 3.85. The van der Waals surface area contributed by atoms with Gasteiger partial charge in [-0.25, -0.2) is 14.4 Å². The summed E-state index contributed by atoms with van der Waals surface area (Å²) in [6.07, 6.45) is 1.74. The van der Waals surface area contributed by atoms with Gasteiger partial charge in [0.25, 0.3) is 0 Å². The van der Waals surface area contributed by atoms with Crippen LogP contribution in [0.1, 0.15) is 25.5 Å². The summed E-state index contributed by atoms with van der Waals surface area (Å²) in [5, 5.41) is 5.90. The maximum atomic E-state index is 13.5. The Morgan fingerprint density at radius 2 is 2.23 bits per heavy atom. The zero-order chi connectivity index (χ0) is 21.1. The third-order valence-electron chi connectivity index (χ3n) is 4.81. The Morgan fingerprint density at radius 1 is 1.37 bits per heavy atom. The number of fused-ring (bicyclic) bond motifs is 1. The molecule has 0 bridgehead atoms. The monoisotopic (exact) mass is 448 g/mol. The summed E-state index contributed by atoms with van der Waals surface area (Å²) >= 11 is 2.73. The molecule has 1 aliphatic heterocycles. The molecule has 0 spiro atoms. The van der Waals surface area contributed by atoms with Gasteiger partial charge in [-0.3, -0.25) is 9.59 Å². The van der Waals surface area contributed by atoms with Gasteiger partial charge in [0, 0.05) is 18.5 Å². The number of nitrogens with zero attached hydrogens (tertiary/aromatic N) is 3. The summed E-state index contributed by atoms with van der Waals surface area (Å²) in [4.78, 5) is 35.3. The van der Waals surface area contributed by atoms with E-state index in [1.165, 1.54) is 34.8 Å². The third-order valence-corrected chi connectivity index (χ3v) is 6.70. The summed E-state index contributed by atoms with van der Waals surface area (Å²) in [5.41, 5.74) is 1.35. The van der Waals surface area contributed by atoms with Crippen molar-refractivity contribution in [2.45, 2.75) is 26.2 Å². The summed E-state index contributed by atoms with van der Waals surface area (Å²) < 4.78 is 19.2. The van der Waals surface area contributed by atoms with Gasteiger partial charge >= 0.3 is 5.97 Å². The fourth-order valence-corrected chi connectivity index (χ4v) is 5.14. The molecule has 30 heavy (non-hydrogen) atoms. The van der Waals surface area contributed by atoms with Crippen LogP contribution in [0.5, 0.6) is 0 Å². The van der Waals surface area contributed by atoms with Gasteiger partial charge < -0.3 is 15.0 Å². The van der Waals surface area contributed by atoms with Gasteiger partial charge in [0.1, 0.15) is 5.82 Å². The lowest BCUT2D eigenvalue weighted by atomic mass is 9.97. The molecule has 0 saturated carbocycles. The minimum Gasteiger partial charge on any atom is -0.466 e. The van der Waals surface area contributed by atoms with Crippen molar-refractivity contribution in [3.05, 3.63) is 35.1 Å². The van der Waals surface area contributed by atoms with Crippen LogP contribution < -0.4 is 10.2 Å². The molecule has 1 aliphatic rings. The average Bonchev–Trinajstić information content (AvgIpc) is 3.34. The molecule has 158 valence electrons. The number of halogens is 1. The first-order valence-corrected chi connectivity index (χ1v) is 11.4. The van der Waals surface area contributed by atoms with Crippen LogP contribution in [0, 0.1) is 11.7 Å². The predicted molar refractivity (Wildman–Crippen MR) is 116 cm³/mol. The maximum Gasteiger partial charge on any atom is 0.311 e. The molecule has 2 aromatic heterocycles. The lowest BCUT2D eigenvalue weighted by Crippen LogP contribution is -2.40. The first-order valence-electron chi connectivity index (χ1n) is 9.73. The van der Waals surface area contributed by atoms with Crippen molar-refractivity contribution in [1.82, 2.24) is 9.97 Å². The van der Waals surface area contributed by atoms with Crippen LogP contribution in [-0.4, -0.2) is 41.5 Å². The third kappa shape index (κ3) is 4.76. The fraction of sp³-hybridized carbons (Fsp3) is 0.400. The van der Waals surface area contributed by atoms with Crippen molar-refractivity contribution >= 4 is 55.0 Å². The van der Waals surface area contributed by atoms with E-state index < -0.39 is 0 Å². The zero-order valence-electron chi connectivity index (χ0n) is 16.4. The number of ether oxygens (including phenoxy) is 1. The smallest absolute Gasteiger partial charge is 0.311 e. The highest BCUT2D eigenvalue weighted by atomic mass is 32.1. The van der Waals surface area contributed by atoms with Crippen molar-refractivity contribution in [2.75, 3.05) is 29.9 Å². The Bertz CT molecular complexity index is 1070. The summed E-state index contributed by atoms with van der Waals surface area (Å²) in [7, 11) is 0. The highest BCUT2D eigenvalue weighted by molar-refractivity contribution is 7.22. The number of carbonyl (C=O) groups excluding carboxylic acids is 2. The molecule has 7 nitrogen and oxygen atoms in total. The molecule has 0 radical (unpaired) electrons. The van der Waals surface area contributed by atoms with Gasteiger partial charge in [-0.2, -0.15) is 0 Å². The Balaban J connectivity index is 1.38. The van der Waals surface area contributed by atoms with E-state index in [4.69, 9.17) is 4.74 Å². The first-order chi connectivity index (χ1) is 14.5. The van der Waals surface area contributed by atoms with Crippen LogP contribution in [-0.2, 0) is 20.7 Å². The van der Waals surface area contributed by atoms with Crippen LogP contribution in [0.4, 0.5) is 14.7 Å². The minimum absolute atomic E-state index is 0.0929. The average molecular weight is 449 g/mol. The first kappa shape index (κ1) is 20.7. The summed E-state index contributed by atoms with van der Waals surface area (Å²) in [6.45, 7) is 3.45. The zero-order valence-corrected chi connectivity index (χ0v) is 18.0. The number of thiazole rings is 2. The van der Waals surface area contributed by atoms with Crippen LogP contribution in [0.15, 0.2) is 23.6 Å². The second-order valence-corrected chi connectivity index (χ2v) is 8.88. The van der Waals surface area contributed by atoms with Crippen LogP contribution in [0.2, 0.25) is 0 Å². The van der Waals surface area contributed by atoms with E-state index in [1.54, 1.807) is 18.4 Å². The molecule has 1 N–H and O–H groups in total. The molecular formula is C20H21FN4O3S2. The number of rotatable bonds is 6. The van der Waals surface area contributed by atoms with Gasteiger partial charge in [-0.15, -0.1) is 11.3 Å². The van der Waals surface area contributed by atoms with Crippen molar-refractivity contribution in [2.24, 2.45) is 5.92 Å². The van der Waals surface area contributed by atoms with Crippen molar-refractivity contribution in [1.29, 1.82) is 0 Å². The van der Waals surface area contributed by atoms with E-state index in [9.17, 15) is 14.0 Å². The number of carbonyl (C=O) groups is 2. The fourth-order valence-electron chi connectivity index (χ4n) is 3.40. The van der Waals surface area contributed by atoms with Crippen LogP contribution in [0.25, 0.3) is 10.2 Å². The molecule has 0 aliphatic carbocycles. The summed E-state index contributed by atoms with van der Waals surface area (Å²) in [6, 6.07) is 4.57. The number of nitrogens with one attached hydrogen (secondary N) is 1. The topological polar surface area (TPSA) is 84.4 Å². The number of esters is 1. The van der Waals surface area contributed by atoms with E-state index in [2.05, 4.69) is 20.2 Å². The molecular weight excluding hydrogens is 427 g/mol. The number of anilines is 2. The Hall–Kier alpha value is -2.59. The highest BCUT2D eigenvalue weighted by Gasteiger charge is 2.28. The van der Waals surface area contributed by atoms with Crippen LogP contribution >= 0.6 is 22.7 Å². The van der Waals surface area contributed by atoms with Gasteiger partial charge in [-0.05, 0) is 38.0 Å². The molecule has 4 rings (SSSR count). The van der Waals surface area contributed by atoms with Gasteiger partial charge in [0.15, 0.2) is 10.3 Å². The minimum atomic E-state index is -0.334. The molecule has 1 saturated heterocycles. The Kier molecular flexibility index (Phi) is 6.24. The molecule has 3 heterocycles. The van der Waals surface area contributed by atoms with Crippen molar-refractivity contribution in [3.63, 3.8) is 0 Å². The van der Waals surface area contributed by atoms with Crippen molar-refractivity contribution < 1.29 is 18.7 Å². The maximum absolute atomic E-state index is 13.5. The molecule has 1 fully saturated rings. The normalized spacial score (nSPS) is 16.6. The molecule has 1 amide bonds. The quantitative estimate of drug-likeness (QED) is 0.577. The van der Waals surface area contributed by atoms with Crippen molar-refractivity contribution in [3.8, 4) is 0 Å². The van der Waals surface area contributed by atoms with Crippen LogP contribution in [0.3, 0.4) is 0 Å². The number of benzene rings is 1. The number of aromatic nitrogens is 2. The van der Waals surface area contributed by atoms with E-state index in [1.807, 2.05) is 0 Å². The molecule has 1 unspecified atom stereocenters. The SMILES string of the molecule is CCOC(=O)Cc1csc(NC(=O)C2CCCN(c3nc4ccc(F)cc4s3)C2)n1. The highest BCUT2D eigenvalue weighted by Crippen LogP contribution is 2.32. The summed E-state index contributed by atoms with van der Waals surface area (Å²) in [5.74, 6) is -0.900. The second kappa shape index (κ2) is 9.05. The molecule has 3 aromatic rings. The van der Waals surface area contributed by atoms with E-state index in [0.717, 1.165) is 34.7 Å². The molecule has 1 atom stereocenters. The number of amides is 1. The van der Waals surface area contributed by atoms with Gasteiger partial charge in [0.2, 0.25) is 5.91 Å². The largest absolute Gasteiger partial charge is 0.466 e. The number of piperidine rings is 1. The molecule has 1 aromatic carbocycles. The second-order valence-electron chi connectivity index (χ2n) is 7.01. The molecule has 10 heteroatoms. The standard InChI is InChI=1S/C20H21FN4O3S2/c1-2-28-17(26)9-14-11-29-19(22-14)24-18(27)12-4-3-7-25(10-12)20-23-15-6-5-13(21)8-16(15)30-20/h5-6,8,11-12H,2-4,7,9-10H2,1H3,(H,22,24,27). The van der Waals surface area contributed by atoms with E-state index >= 15 is 0 Å². The van der Waals surface area contributed by atoms with Gasteiger partial charge in [-0.1, -0.05) is 11.3 Å². The van der Waals surface area contributed by atoms with E-state index in [0.29, 0.717) is 24.0 Å². The number of hydrogen-bond donors (Lipinski definition) is 1. The van der Waals surface area contributed by atoms with Gasteiger partial charge in [0.05, 0.1) is 34.9 Å². The van der Waals surface area contributed by atoms with E-state index in [-0.39, 0.29) is 30.0 Å². The number of hydrogen-bond acceptors (Lipinski definition) is 8. The Labute approximate surface area is 180 Å². The lowest BCUT2D eigenvalue weighted by Gasteiger charge is -2.31. The Morgan fingerprint density at radius 3 is 3.07 bits per heavy atom.